The van der Waals surface area contributed by atoms with Gasteiger partial charge in [0.2, 0.25) is 5.91 Å². The lowest BCUT2D eigenvalue weighted by molar-refractivity contribution is -0.134. The number of hydrogen-bond donors (Lipinski definition) is 1. The maximum absolute atomic E-state index is 12.4. The zero-order valence-electron chi connectivity index (χ0n) is 12.9. The fourth-order valence-electron chi connectivity index (χ4n) is 2.88. The van der Waals surface area contributed by atoms with Gasteiger partial charge in [0, 0.05) is 25.6 Å². The predicted octanol–water partition coefficient (Wildman–Crippen LogP) is 2.51. The van der Waals surface area contributed by atoms with Crippen molar-refractivity contribution in [3.8, 4) is 0 Å². The molecule has 0 spiro atoms. The minimum atomic E-state index is 0.0244. The highest BCUT2D eigenvalue weighted by molar-refractivity contribution is 5.76. The second-order valence-corrected chi connectivity index (χ2v) is 6.63. The number of amides is 1. The molecule has 1 aromatic carbocycles. The van der Waals surface area contributed by atoms with Gasteiger partial charge in [-0.1, -0.05) is 38.1 Å². The standard InChI is InChI=1S/C17H26N2O/c1-13-6-4-5-7-14(13)8-9-16(20)19-11-10-15(18)17(2,3)12-19/h4-7,15H,8-12,18H2,1-3H3. The average molecular weight is 274 g/mol. The first kappa shape index (κ1) is 15.0. The Morgan fingerprint density at radius 1 is 1.40 bits per heavy atom. The lowest BCUT2D eigenvalue weighted by atomic mass is 9.79. The van der Waals surface area contributed by atoms with Crippen LogP contribution in [0.1, 0.15) is 37.8 Å². The summed E-state index contributed by atoms with van der Waals surface area (Å²) >= 11 is 0. The van der Waals surface area contributed by atoms with Crippen molar-refractivity contribution in [3.63, 3.8) is 0 Å². The second-order valence-electron chi connectivity index (χ2n) is 6.63. The number of aryl methyl sites for hydroxylation is 2. The van der Waals surface area contributed by atoms with Gasteiger partial charge in [0.25, 0.3) is 0 Å². The summed E-state index contributed by atoms with van der Waals surface area (Å²) in [5, 5.41) is 0. The zero-order chi connectivity index (χ0) is 14.8. The number of carbonyl (C=O) groups is 1. The van der Waals surface area contributed by atoms with Crippen LogP contribution < -0.4 is 5.73 Å². The van der Waals surface area contributed by atoms with Crippen LogP contribution in [0.25, 0.3) is 0 Å². The molecule has 1 aliphatic rings. The maximum atomic E-state index is 12.4. The van der Waals surface area contributed by atoms with Gasteiger partial charge >= 0.3 is 0 Å². The van der Waals surface area contributed by atoms with Crippen molar-refractivity contribution in [2.75, 3.05) is 13.1 Å². The lowest BCUT2D eigenvalue weighted by Crippen LogP contribution is -2.54. The number of likely N-dealkylation sites (tertiary alicyclic amines) is 1. The van der Waals surface area contributed by atoms with Crippen molar-refractivity contribution in [1.82, 2.24) is 4.90 Å². The van der Waals surface area contributed by atoms with Crippen LogP contribution in [0.2, 0.25) is 0 Å². The molecule has 2 N–H and O–H groups in total. The zero-order valence-corrected chi connectivity index (χ0v) is 12.9. The van der Waals surface area contributed by atoms with Crippen molar-refractivity contribution in [2.24, 2.45) is 11.1 Å². The Bertz CT molecular complexity index is 482. The van der Waals surface area contributed by atoms with Crippen molar-refractivity contribution in [2.45, 2.75) is 46.1 Å². The molecular weight excluding hydrogens is 248 g/mol. The van der Waals surface area contributed by atoms with Gasteiger partial charge < -0.3 is 10.6 Å². The molecule has 1 aliphatic heterocycles. The molecule has 3 nitrogen and oxygen atoms in total. The smallest absolute Gasteiger partial charge is 0.222 e. The summed E-state index contributed by atoms with van der Waals surface area (Å²) in [6.45, 7) is 7.98. The summed E-state index contributed by atoms with van der Waals surface area (Å²) in [5.74, 6) is 0.258. The molecule has 0 aliphatic carbocycles. The van der Waals surface area contributed by atoms with E-state index < -0.39 is 0 Å². The molecule has 0 bridgehead atoms. The first-order valence-corrected chi connectivity index (χ1v) is 7.48. The van der Waals surface area contributed by atoms with E-state index in [0.29, 0.717) is 6.42 Å². The van der Waals surface area contributed by atoms with Crippen LogP contribution in [-0.4, -0.2) is 29.9 Å². The van der Waals surface area contributed by atoms with E-state index in [9.17, 15) is 4.79 Å². The molecule has 1 fully saturated rings. The summed E-state index contributed by atoms with van der Waals surface area (Å²) in [5.41, 5.74) is 8.68. The Labute approximate surface area is 122 Å². The van der Waals surface area contributed by atoms with Gasteiger partial charge in [0.05, 0.1) is 0 Å². The summed E-state index contributed by atoms with van der Waals surface area (Å²) in [6, 6.07) is 8.48. The lowest BCUT2D eigenvalue weighted by Gasteiger charge is -2.42. The van der Waals surface area contributed by atoms with Gasteiger partial charge in [-0.3, -0.25) is 4.79 Å². The third-order valence-electron chi connectivity index (χ3n) is 4.53. The molecule has 2 rings (SSSR count). The minimum absolute atomic E-state index is 0.0244. The molecular formula is C17H26N2O. The topological polar surface area (TPSA) is 46.3 Å². The van der Waals surface area contributed by atoms with Crippen LogP contribution in [0.5, 0.6) is 0 Å². The molecule has 1 saturated heterocycles. The van der Waals surface area contributed by atoms with Crippen molar-refractivity contribution >= 4 is 5.91 Å². The van der Waals surface area contributed by atoms with Gasteiger partial charge in [-0.2, -0.15) is 0 Å². The van der Waals surface area contributed by atoms with Gasteiger partial charge in [-0.05, 0) is 36.3 Å². The molecule has 0 aromatic heterocycles. The van der Waals surface area contributed by atoms with Gasteiger partial charge in [0.1, 0.15) is 0 Å². The third-order valence-corrected chi connectivity index (χ3v) is 4.53. The SMILES string of the molecule is Cc1ccccc1CCC(=O)N1CCC(N)C(C)(C)C1. The Morgan fingerprint density at radius 3 is 2.75 bits per heavy atom. The number of rotatable bonds is 3. The number of nitrogens with zero attached hydrogens (tertiary/aromatic N) is 1. The monoisotopic (exact) mass is 274 g/mol. The van der Waals surface area contributed by atoms with E-state index in [1.165, 1.54) is 11.1 Å². The van der Waals surface area contributed by atoms with Crippen LogP contribution in [0.4, 0.5) is 0 Å². The number of nitrogens with two attached hydrogens (primary N) is 1. The number of piperidine rings is 1. The van der Waals surface area contributed by atoms with Crippen LogP contribution in [0, 0.1) is 12.3 Å². The van der Waals surface area contributed by atoms with Crippen LogP contribution in [-0.2, 0) is 11.2 Å². The number of hydrogen-bond acceptors (Lipinski definition) is 2. The first-order valence-electron chi connectivity index (χ1n) is 7.48. The van der Waals surface area contributed by atoms with E-state index in [-0.39, 0.29) is 17.4 Å². The fourth-order valence-corrected chi connectivity index (χ4v) is 2.88. The molecule has 0 radical (unpaired) electrons. The maximum Gasteiger partial charge on any atom is 0.222 e. The average Bonchev–Trinajstić information content (AvgIpc) is 2.40. The fraction of sp³-hybridized carbons (Fsp3) is 0.588. The summed E-state index contributed by atoms with van der Waals surface area (Å²) < 4.78 is 0. The summed E-state index contributed by atoms with van der Waals surface area (Å²) in [6.07, 6.45) is 2.33. The second kappa shape index (κ2) is 5.96. The molecule has 3 heteroatoms. The van der Waals surface area contributed by atoms with Crippen molar-refractivity contribution in [3.05, 3.63) is 35.4 Å². The molecule has 1 heterocycles. The van der Waals surface area contributed by atoms with Gasteiger partial charge in [-0.15, -0.1) is 0 Å². The van der Waals surface area contributed by atoms with E-state index in [1.54, 1.807) is 0 Å². The minimum Gasteiger partial charge on any atom is -0.342 e. The normalized spacial score (nSPS) is 21.8. The predicted molar refractivity (Wildman–Crippen MR) is 82.5 cm³/mol. The molecule has 1 aromatic rings. The van der Waals surface area contributed by atoms with Crippen LogP contribution in [0.3, 0.4) is 0 Å². The Hall–Kier alpha value is -1.35. The Morgan fingerprint density at radius 2 is 2.10 bits per heavy atom. The Kier molecular flexibility index (Phi) is 4.48. The number of carbonyl (C=O) groups excluding carboxylic acids is 1. The van der Waals surface area contributed by atoms with E-state index in [2.05, 4.69) is 32.9 Å². The summed E-state index contributed by atoms with van der Waals surface area (Å²) in [4.78, 5) is 14.4. The molecule has 1 atom stereocenters. The molecule has 20 heavy (non-hydrogen) atoms. The quantitative estimate of drug-likeness (QED) is 0.920. The molecule has 110 valence electrons. The summed E-state index contributed by atoms with van der Waals surface area (Å²) in [7, 11) is 0. The van der Waals surface area contributed by atoms with Crippen molar-refractivity contribution in [1.29, 1.82) is 0 Å². The van der Waals surface area contributed by atoms with Crippen LogP contribution in [0.15, 0.2) is 24.3 Å². The Balaban J connectivity index is 1.91. The van der Waals surface area contributed by atoms with Crippen LogP contribution >= 0.6 is 0 Å². The van der Waals surface area contributed by atoms with E-state index in [4.69, 9.17) is 5.73 Å². The highest BCUT2D eigenvalue weighted by Gasteiger charge is 2.34. The van der Waals surface area contributed by atoms with Gasteiger partial charge in [-0.25, -0.2) is 0 Å². The highest BCUT2D eigenvalue weighted by atomic mass is 16.2. The number of benzene rings is 1. The van der Waals surface area contributed by atoms with E-state index in [0.717, 1.165) is 25.9 Å². The molecule has 0 saturated carbocycles. The van der Waals surface area contributed by atoms with E-state index in [1.807, 2.05) is 17.0 Å². The third kappa shape index (κ3) is 3.40. The van der Waals surface area contributed by atoms with Gasteiger partial charge in [0.15, 0.2) is 0 Å². The van der Waals surface area contributed by atoms with E-state index >= 15 is 0 Å². The highest BCUT2D eigenvalue weighted by Crippen LogP contribution is 2.28. The largest absolute Gasteiger partial charge is 0.342 e. The first-order chi connectivity index (χ1) is 9.40. The van der Waals surface area contributed by atoms with Crippen molar-refractivity contribution < 1.29 is 4.79 Å². The molecule has 1 unspecified atom stereocenters. The molecule has 1 amide bonds.